The van der Waals surface area contributed by atoms with Gasteiger partial charge in [-0.2, -0.15) is 0 Å². The second kappa shape index (κ2) is 6.91. The van der Waals surface area contributed by atoms with Crippen LogP contribution in [0.1, 0.15) is 50.9 Å². The van der Waals surface area contributed by atoms with Gasteiger partial charge in [0.25, 0.3) is 5.91 Å². The van der Waals surface area contributed by atoms with E-state index in [1.54, 1.807) is 12.1 Å². The number of hydrogen-bond acceptors (Lipinski definition) is 4. The van der Waals surface area contributed by atoms with Crippen molar-refractivity contribution in [1.29, 1.82) is 0 Å². The van der Waals surface area contributed by atoms with E-state index in [2.05, 4.69) is 10.6 Å². The van der Waals surface area contributed by atoms with Crippen LogP contribution in [-0.2, 0) is 9.31 Å². The summed E-state index contributed by atoms with van der Waals surface area (Å²) in [6, 6.07) is 5.45. The third-order valence-electron chi connectivity index (χ3n) is 5.40. The molecular weight excluding hydrogens is 338 g/mol. The quantitative estimate of drug-likeness (QED) is 0.807. The summed E-state index contributed by atoms with van der Waals surface area (Å²) in [7, 11) is -0.530. The zero-order chi connectivity index (χ0) is 18.2. The lowest BCUT2D eigenvalue weighted by molar-refractivity contribution is 0.00578. The number of carbonyl (C=O) groups excluding carboxylic acids is 1. The van der Waals surface area contributed by atoms with Crippen molar-refractivity contribution in [3.63, 3.8) is 0 Å². The smallest absolute Gasteiger partial charge is 0.399 e. The average molecular weight is 365 g/mol. The molecule has 0 spiro atoms. The number of amides is 1. The lowest BCUT2D eigenvalue weighted by Gasteiger charge is -2.32. The maximum Gasteiger partial charge on any atom is 0.496 e. The van der Waals surface area contributed by atoms with E-state index >= 15 is 0 Å². The molecule has 2 aliphatic rings. The lowest BCUT2D eigenvalue weighted by atomic mass is 9.78. The molecule has 1 aromatic carbocycles. The van der Waals surface area contributed by atoms with Gasteiger partial charge in [0.05, 0.1) is 11.2 Å². The number of nitrogens with one attached hydrogen (secondary N) is 2. The zero-order valence-corrected chi connectivity index (χ0v) is 16.1. The van der Waals surface area contributed by atoms with Gasteiger partial charge in [0.15, 0.2) is 0 Å². The summed E-state index contributed by atoms with van der Waals surface area (Å²) < 4.78 is 12.1. The topological polar surface area (TPSA) is 59.6 Å². The van der Waals surface area contributed by atoms with Gasteiger partial charge in [-0.05, 0) is 59.2 Å². The molecule has 2 N–H and O–H groups in total. The summed E-state index contributed by atoms with van der Waals surface area (Å²) in [5, 5.41) is 6.83. The van der Waals surface area contributed by atoms with E-state index < -0.39 is 18.3 Å². The van der Waals surface area contributed by atoms with Crippen molar-refractivity contribution in [1.82, 2.24) is 10.6 Å². The van der Waals surface area contributed by atoms with Gasteiger partial charge >= 0.3 is 7.12 Å². The molecule has 0 unspecified atom stereocenters. The van der Waals surface area contributed by atoms with Crippen molar-refractivity contribution in [2.75, 3.05) is 13.1 Å². The molecule has 0 aromatic heterocycles. The Hall–Kier alpha value is -1.08. The van der Waals surface area contributed by atoms with Crippen LogP contribution in [0, 0.1) is 0 Å². The molecular formula is C18H26BClN2O3. The number of halogens is 1. The minimum atomic E-state index is -0.530. The first-order valence-corrected chi connectivity index (χ1v) is 9.24. The Morgan fingerprint density at radius 1 is 1.28 bits per heavy atom. The second-order valence-electron chi connectivity index (χ2n) is 7.84. The number of hydrogen-bond donors (Lipinski definition) is 2. The summed E-state index contributed by atoms with van der Waals surface area (Å²) in [6.07, 6.45) is 2.07. The van der Waals surface area contributed by atoms with Crippen molar-refractivity contribution in [3.05, 3.63) is 28.8 Å². The van der Waals surface area contributed by atoms with Gasteiger partial charge in [0, 0.05) is 28.6 Å². The number of carbonyl (C=O) groups is 1. The summed E-state index contributed by atoms with van der Waals surface area (Å²) in [4.78, 5) is 12.4. The van der Waals surface area contributed by atoms with Crippen LogP contribution in [0.5, 0.6) is 0 Å². The lowest BCUT2D eigenvalue weighted by Crippen LogP contribution is -2.45. The van der Waals surface area contributed by atoms with E-state index in [0.717, 1.165) is 31.4 Å². The molecule has 1 aromatic rings. The van der Waals surface area contributed by atoms with Crippen molar-refractivity contribution in [2.24, 2.45) is 0 Å². The minimum Gasteiger partial charge on any atom is -0.399 e. The highest BCUT2D eigenvalue weighted by molar-refractivity contribution is 6.65. The van der Waals surface area contributed by atoms with Crippen molar-refractivity contribution in [2.45, 2.75) is 57.8 Å². The Bertz CT molecular complexity index is 644. The molecule has 0 radical (unpaired) electrons. The first kappa shape index (κ1) is 18.7. The molecule has 7 heteroatoms. The Kier molecular flexibility index (Phi) is 5.17. The van der Waals surface area contributed by atoms with Gasteiger partial charge in [-0.1, -0.05) is 17.7 Å². The molecule has 2 aliphatic heterocycles. The van der Waals surface area contributed by atoms with Crippen LogP contribution in [0.15, 0.2) is 18.2 Å². The van der Waals surface area contributed by atoms with Gasteiger partial charge in [0.2, 0.25) is 0 Å². The van der Waals surface area contributed by atoms with E-state index in [-0.39, 0.29) is 11.9 Å². The molecule has 3 rings (SSSR count). The fourth-order valence-corrected chi connectivity index (χ4v) is 3.34. The summed E-state index contributed by atoms with van der Waals surface area (Å²) in [5.74, 6) is -0.101. The van der Waals surface area contributed by atoms with Crippen molar-refractivity contribution in [3.8, 4) is 0 Å². The molecule has 2 fully saturated rings. The minimum absolute atomic E-state index is 0.101. The van der Waals surface area contributed by atoms with Crippen LogP contribution in [0.3, 0.4) is 0 Å². The molecule has 1 atom stereocenters. The molecule has 0 bridgehead atoms. The number of benzene rings is 1. The number of rotatable bonds is 3. The van der Waals surface area contributed by atoms with E-state index in [0.29, 0.717) is 10.6 Å². The predicted molar refractivity (Wildman–Crippen MR) is 101 cm³/mol. The monoisotopic (exact) mass is 364 g/mol. The molecule has 2 saturated heterocycles. The van der Waals surface area contributed by atoms with Gasteiger partial charge in [-0.25, -0.2) is 0 Å². The van der Waals surface area contributed by atoms with Crippen LogP contribution in [0.25, 0.3) is 0 Å². The van der Waals surface area contributed by atoms with Crippen LogP contribution in [0.2, 0.25) is 5.02 Å². The summed E-state index contributed by atoms with van der Waals surface area (Å²) in [6.45, 7) is 9.83. The standard InChI is InChI=1S/C18H26BClN2O3/c1-17(2)18(3,4)25-19(24-17)14-8-7-12(10-15(14)20)16(23)22-13-6-5-9-21-11-13/h7-8,10,13,21H,5-6,9,11H2,1-4H3,(H,22,23)/t13-/m1/s1. The molecule has 0 aliphatic carbocycles. The first-order valence-electron chi connectivity index (χ1n) is 8.86. The normalized spacial score (nSPS) is 25.0. The molecule has 2 heterocycles. The van der Waals surface area contributed by atoms with Gasteiger partial charge in [0.1, 0.15) is 0 Å². The highest BCUT2D eigenvalue weighted by atomic mass is 35.5. The Morgan fingerprint density at radius 3 is 2.52 bits per heavy atom. The maximum absolute atomic E-state index is 12.4. The SMILES string of the molecule is CC1(C)OB(c2ccc(C(=O)N[C@@H]3CCCNC3)cc2Cl)OC1(C)C. The van der Waals surface area contributed by atoms with E-state index in [1.807, 2.05) is 33.8 Å². The fraction of sp³-hybridized carbons (Fsp3) is 0.611. The summed E-state index contributed by atoms with van der Waals surface area (Å²) >= 11 is 6.43. The van der Waals surface area contributed by atoms with E-state index in [1.165, 1.54) is 0 Å². The van der Waals surface area contributed by atoms with E-state index in [4.69, 9.17) is 20.9 Å². The molecule has 1 amide bonds. The Morgan fingerprint density at radius 2 is 1.96 bits per heavy atom. The highest BCUT2D eigenvalue weighted by Crippen LogP contribution is 2.37. The Balaban J connectivity index is 1.72. The molecule has 0 saturated carbocycles. The van der Waals surface area contributed by atoms with Crippen LogP contribution < -0.4 is 16.1 Å². The van der Waals surface area contributed by atoms with Gasteiger partial charge in [-0.3, -0.25) is 4.79 Å². The number of piperidine rings is 1. The summed E-state index contributed by atoms with van der Waals surface area (Å²) in [5.41, 5.74) is 0.447. The largest absolute Gasteiger partial charge is 0.496 e. The van der Waals surface area contributed by atoms with Crippen LogP contribution in [0.4, 0.5) is 0 Å². The van der Waals surface area contributed by atoms with Crippen LogP contribution >= 0.6 is 11.6 Å². The highest BCUT2D eigenvalue weighted by Gasteiger charge is 2.52. The molecule has 5 nitrogen and oxygen atoms in total. The zero-order valence-electron chi connectivity index (χ0n) is 15.3. The third kappa shape index (κ3) is 3.87. The third-order valence-corrected chi connectivity index (χ3v) is 5.73. The second-order valence-corrected chi connectivity index (χ2v) is 8.25. The van der Waals surface area contributed by atoms with Gasteiger partial charge < -0.3 is 19.9 Å². The first-order chi connectivity index (χ1) is 11.7. The van der Waals surface area contributed by atoms with Crippen molar-refractivity contribution < 1.29 is 14.1 Å². The fourth-order valence-electron chi connectivity index (χ4n) is 3.07. The maximum atomic E-state index is 12.4. The molecule has 136 valence electrons. The predicted octanol–water partition coefficient (Wildman–Crippen LogP) is 2.12. The average Bonchev–Trinajstić information content (AvgIpc) is 2.76. The van der Waals surface area contributed by atoms with Crippen molar-refractivity contribution >= 4 is 30.1 Å². The van der Waals surface area contributed by atoms with Gasteiger partial charge in [-0.15, -0.1) is 0 Å². The molecule has 25 heavy (non-hydrogen) atoms. The van der Waals surface area contributed by atoms with E-state index in [9.17, 15) is 4.79 Å². The van der Waals surface area contributed by atoms with Crippen LogP contribution in [-0.4, -0.2) is 43.4 Å². The Labute approximate surface area is 154 Å².